The van der Waals surface area contributed by atoms with Crippen molar-refractivity contribution in [3.63, 3.8) is 0 Å². The van der Waals surface area contributed by atoms with Crippen LogP contribution in [0.5, 0.6) is 0 Å². The summed E-state index contributed by atoms with van der Waals surface area (Å²) in [5.74, 6) is -1.57. The molecule has 28 heavy (non-hydrogen) atoms. The summed E-state index contributed by atoms with van der Waals surface area (Å²) in [4.78, 5) is 30.3. The highest BCUT2D eigenvalue weighted by Gasteiger charge is 2.33. The molecule has 3 aromatic rings. The maximum Gasteiger partial charge on any atom is 0.308 e. The standard InChI is InChI=1S/C20H20N4O3S/c1-13-7-8-14(20(26)27)10-23(13)19(25)17-12-28-18(22-17)15-9-21-24(11-15)16-5-3-2-4-6-16/h2-6,9,11-14H,7-8,10H2,1H3,(H,26,27). The number of aromatic nitrogens is 3. The zero-order valence-electron chi connectivity index (χ0n) is 15.4. The molecule has 1 fully saturated rings. The average molecular weight is 396 g/mol. The third-order valence-electron chi connectivity index (χ3n) is 5.07. The molecule has 2 aromatic heterocycles. The van der Waals surface area contributed by atoms with Crippen LogP contribution < -0.4 is 0 Å². The van der Waals surface area contributed by atoms with Gasteiger partial charge in [0.25, 0.3) is 5.91 Å². The summed E-state index contributed by atoms with van der Waals surface area (Å²) in [7, 11) is 0. The number of likely N-dealkylation sites (tertiary alicyclic amines) is 1. The number of nitrogens with zero attached hydrogens (tertiary/aromatic N) is 4. The van der Waals surface area contributed by atoms with Gasteiger partial charge in [-0.15, -0.1) is 11.3 Å². The summed E-state index contributed by atoms with van der Waals surface area (Å²) in [5.41, 5.74) is 2.14. The number of aliphatic carboxylic acids is 1. The van der Waals surface area contributed by atoms with Gasteiger partial charge in [0.2, 0.25) is 0 Å². The van der Waals surface area contributed by atoms with E-state index in [1.54, 1.807) is 21.2 Å². The van der Waals surface area contributed by atoms with Crippen molar-refractivity contribution in [2.45, 2.75) is 25.8 Å². The Morgan fingerprint density at radius 2 is 2.00 bits per heavy atom. The van der Waals surface area contributed by atoms with Crippen LogP contribution in [0.2, 0.25) is 0 Å². The molecule has 0 spiro atoms. The van der Waals surface area contributed by atoms with E-state index in [0.717, 1.165) is 11.3 Å². The number of carbonyl (C=O) groups is 2. The smallest absolute Gasteiger partial charge is 0.308 e. The second-order valence-corrected chi connectivity index (χ2v) is 7.82. The third-order valence-corrected chi connectivity index (χ3v) is 5.96. The van der Waals surface area contributed by atoms with Crippen molar-refractivity contribution in [3.05, 3.63) is 53.8 Å². The lowest BCUT2D eigenvalue weighted by Crippen LogP contribution is -2.47. The van der Waals surface area contributed by atoms with Crippen LogP contribution in [-0.4, -0.2) is 49.2 Å². The molecule has 1 saturated heterocycles. The summed E-state index contributed by atoms with van der Waals surface area (Å²) in [5, 5.41) is 16.1. The topological polar surface area (TPSA) is 88.3 Å². The van der Waals surface area contributed by atoms with E-state index in [1.807, 2.05) is 43.5 Å². The van der Waals surface area contributed by atoms with E-state index in [2.05, 4.69) is 10.1 Å². The van der Waals surface area contributed by atoms with E-state index in [0.29, 0.717) is 23.5 Å². The molecule has 1 N–H and O–H groups in total. The van der Waals surface area contributed by atoms with Crippen molar-refractivity contribution in [3.8, 4) is 16.3 Å². The van der Waals surface area contributed by atoms with Gasteiger partial charge in [-0.3, -0.25) is 9.59 Å². The summed E-state index contributed by atoms with van der Waals surface area (Å²) in [6.45, 7) is 2.18. The fourth-order valence-electron chi connectivity index (χ4n) is 3.40. The van der Waals surface area contributed by atoms with Crippen LogP contribution in [0.25, 0.3) is 16.3 Å². The highest BCUT2D eigenvalue weighted by atomic mass is 32.1. The zero-order valence-corrected chi connectivity index (χ0v) is 16.2. The van der Waals surface area contributed by atoms with Gasteiger partial charge in [-0.2, -0.15) is 5.10 Å². The minimum Gasteiger partial charge on any atom is -0.481 e. The largest absolute Gasteiger partial charge is 0.481 e. The molecule has 4 rings (SSSR count). The van der Waals surface area contributed by atoms with E-state index >= 15 is 0 Å². The first kappa shape index (κ1) is 18.4. The molecule has 8 heteroatoms. The predicted molar refractivity (Wildman–Crippen MR) is 106 cm³/mol. The van der Waals surface area contributed by atoms with Crippen LogP contribution in [0, 0.1) is 5.92 Å². The summed E-state index contributed by atoms with van der Waals surface area (Å²) in [6.07, 6.45) is 4.89. The number of hydrogen-bond donors (Lipinski definition) is 1. The lowest BCUT2D eigenvalue weighted by Gasteiger charge is -2.36. The fourth-order valence-corrected chi connectivity index (χ4v) is 4.17. The molecule has 7 nitrogen and oxygen atoms in total. The molecule has 144 valence electrons. The van der Waals surface area contributed by atoms with Crippen molar-refractivity contribution in [2.75, 3.05) is 6.54 Å². The Labute approximate surface area is 166 Å². The minimum absolute atomic E-state index is 0.00841. The normalized spacial score (nSPS) is 19.5. The van der Waals surface area contributed by atoms with Gasteiger partial charge >= 0.3 is 5.97 Å². The van der Waals surface area contributed by atoms with Gasteiger partial charge in [-0.1, -0.05) is 18.2 Å². The first-order chi connectivity index (χ1) is 13.5. The minimum atomic E-state index is -0.850. The van der Waals surface area contributed by atoms with Gasteiger partial charge in [-0.25, -0.2) is 9.67 Å². The molecule has 0 radical (unpaired) electrons. The Morgan fingerprint density at radius 1 is 1.21 bits per heavy atom. The van der Waals surface area contributed by atoms with E-state index < -0.39 is 11.9 Å². The van der Waals surface area contributed by atoms with Crippen molar-refractivity contribution >= 4 is 23.2 Å². The van der Waals surface area contributed by atoms with Gasteiger partial charge in [0.15, 0.2) is 0 Å². The van der Waals surface area contributed by atoms with Crippen LogP contribution in [0.15, 0.2) is 48.1 Å². The van der Waals surface area contributed by atoms with Crippen molar-refractivity contribution in [1.82, 2.24) is 19.7 Å². The molecule has 1 aliphatic rings. The second-order valence-electron chi connectivity index (χ2n) is 6.97. The number of rotatable bonds is 4. The van der Waals surface area contributed by atoms with Crippen LogP contribution in [0.4, 0.5) is 0 Å². The zero-order chi connectivity index (χ0) is 19.7. The van der Waals surface area contributed by atoms with E-state index in [9.17, 15) is 14.7 Å². The summed E-state index contributed by atoms with van der Waals surface area (Å²) < 4.78 is 1.77. The Bertz CT molecular complexity index is 998. The van der Waals surface area contributed by atoms with Gasteiger partial charge in [-0.05, 0) is 31.9 Å². The SMILES string of the molecule is CC1CCC(C(=O)O)CN1C(=O)c1csc(-c2cnn(-c3ccccc3)c2)n1. The maximum atomic E-state index is 12.9. The van der Waals surface area contributed by atoms with E-state index in [4.69, 9.17) is 0 Å². The number of hydrogen-bond acceptors (Lipinski definition) is 5. The highest BCUT2D eigenvalue weighted by molar-refractivity contribution is 7.13. The molecule has 1 aromatic carbocycles. The number of carboxylic acid groups (broad SMARTS) is 1. The lowest BCUT2D eigenvalue weighted by atomic mass is 9.93. The molecule has 2 unspecified atom stereocenters. The molecule has 1 amide bonds. The fraction of sp³-hybridized carbons (Fsp3) is 0.300. The second kappa shape index (κ2) is 7.55. The van der Waals surface area contributed by atoms with E-state index in [-0.39, 0.29) is 18.5 Å². The van der Waals surface area contributed by atoms with Gasteiger partial charge in [0, 0.05) is 29.7 Å². The predicted octanol–water partition coefficient (Wildman–Crippen LogP) is 3.32. The number of carbonyl (C=O) groups excluding carboxylic acids is 1. The van der Waals surface area contributed by atoms with Gasteiger partial charge in [0.05, 0.1) is 17.8 Å². The number of piperidine rings is 1. The van der Waals surface area contributed by atoms with Crippen molar-refractivity contribution in [1.29, 1.82) is 0 Å². The summed E-state index contributed by atoms with van der Waals surface area (Å²) >= 11 is 1.38. The molecule has 2 atom stereocenters. The van der Waals surface area contributed by atoms with Crippen molar-refractivity contribution < 1.29 is 14.7 Å². The Balaban J connectivity index is 1.53. The Hall–Kier alpha value is -3.00. The average Bonchev–Trinajstić information content (AvgIpc) is 3.38. The molecular weight excluding hydrogens is 376 g/mol. The van der Waals surface area contributed by atoms with Gasteiger partial charge in [0.1, 0.15) is 10.7 Å². The molecule has 0 saturated carbocycles. The molecular formula is C20H20N4O3S. The van der Waals surface area contributed by atoms with Crippen LogP contribution >= 0.6 is 11.3 Å². The number of carboxylic acids is 1. The maximum absolute atomic E-state index is 12.9. The third kappa shape index (κ3) is 3.55. The van der Waals surface area contributed by atoms with Crippen LogP contribution in [-0.2, 0) is 4.79 Å². The van der Waals surface area contributed by atoms with E-state index in [1.165, 1.54) is 11.3 Å². The lowest BCUT2D eigenvalue weighted by molar-refractivity contribution is -0.143. The Morgan fingerprint density at radius 3 is 2.75 bits per heavy atom. The first-order valence-corrected chi connectivity index (χ1v) is 10.0. The number of benzene rings is 1. The number of para-hydroxylation sites is 1. The summed E-state index contributed by atoms with van der Waals surface area (Å²) in [6, 6.07) is 9.77. The number of amides is 1. The molecule has 1 aliphatic heterocycles. The number of thiazole rings is 1. The quantitative estimate of drug-likeness (QED) is 0.731. The molecule has 3 heterocycles. The van der Waals surface area contributed by atoms with Crippen LogP contribution in [0.3, 0.4) is 0 Å². The highest BCUT2D eigenvalue weighted by Crippen LogP contribution is 2.27. The molecule has 0 bridgehead atoms. The van der Waals surface area contributed by atoms with Crippen molar-refractivity contribution in [2.24, 2.45) is 5.92 Å². The monoisotopic (exact) mass is 396 g/mol. The Kier molecular flexibility index (Phi) is 4.95. The molecule has 0 aliphatic carbocycles. The van der Waals surface area contributed by atoms with Crippen LogP contribution in [0.1, 0.15) is 30.3 Å². The first-order valence-electron chi connectivity index (χ1n) is 9.12. The van der Waals surface area contributed by atoms with Gasteiger partial charge < -0.3 is 10.0 Å².